The zero-order valence-electron chi connectivity index (χ0n) is 13.1. The van der Waals surface area contributed by atoms with E-state index in [0.717, 1.165) is 6.07 Å². The number of rotatable bonds is 6. The van der Waals surface area contributed by atoms with Gasteiger partial charge in [0.25, 0.3) is 5.69 Å². The van der Waals surface area contributed by atoms with Crippen LogP contribution >= 0.6 is 0 Å². The van der Waals surface area contributed by atoms with E-state index in [1.807, 2.05) is 0 Å². The molecule has 0 atom stereocenters. The summed E-state index contributed by atoms with van der Waals surface area (Å²) in [5.74, 6) is -0.000393. The van der Waals surface area contributed by atoms with Gasteiger partial charge < -0.3 is 0 Å². The summed E-state index contributed by atoms with van der Waals surface area (Å²) < 4.78 is 52.2. The minimum Gasteiger partial charge on any atom is -0.258 e. The van der Waals surface area contributed by atoms with Crippen molar-refractivity contribution in [2.75, 3.05) is 18.8 Å². The summed E-state index contributed by atoms with van der Waals surface area (Å²) in [6.45, 7) is 2.00. The van der Waals surface area contributed by atoms with Crippen LogP contribution in [-0.2, 0) is 20.0 Å². The minimum atomic E-state index is -4.05. The molecule has 0 spiro atoms. The Balaban J connectivity index is 2.11. The molecular formula is C13H19N3O6S2. The Morgan fingerprint density at radius 3 is 2.33 bits per heavy atom. The first-order chi connectivity index (χ1) is 11.2. The number of nitro benzene ring substituents is 1. The molecule has 2 rings (SSSR count). The summed E-state index contributed by atoms with van der Waals surface area (Å²) in [5, 5.41) is 11.0. The van der Waals surface area contributed by atoms with E-state index in [9.17, 15) is 26.9 Å². The Kier molecular flexibility index (Phi) is 5.58. The largest absolute Gasteiger partial charge is 0.289 e. The summed E-state index contributed by atoms with van der Waals surface area (Å²) in [4.78, 5) is 9.85. The zero-order chi connectivity index (χ0) is 18.0. The van der Waals surface area contributed by atoms with Crippen molar-refractivity contribution in [3.8, 4) is 0 Å². The van der Waals surface area contributed by atoms with Gasteiger partial charge in [-0.25, -0.2) is 25.9 Å². The maximum absolute atomic E-state index is 12.4. The van der Waals surface area contributed by atoms with Crippen molar-refractivity contribution < 1.29 is 21.8 Å². The van der Waals surface area contributed by atoms with Crippen molar-refractivity contribution in [3.05, 3.63) is 34.4 Å². The number of piperidine rings is 1. The fourth-order valence-electron chi connectivity index (χ4n) is 2.55. The predicted octanol–water partition coefficient (Wildman–Crippen LogP) is 0.687. The lowest BCUT2D eigenvalue weighted by Gasteiger charge is -2.31. The van der Waals surface area contributed by atoms with Crippen LogP contribution in [0.3, 0.4) is 0 Å². The number of nitrogens with one attached hydrogen (secondary N) is 1. The average molecular weight is 377 g/mol. The summed E-state index contributed by atoms with van der Waals surface area (Å²) in [7, 11) is -7.35. The normalized spacial score (nSPS) is 17.7. The number of hydrogen-bond donors (Lipinski definition) is 1. The molecule has 11 heteroatoms. The van der Waals surface area contributed by atoms with Gasteiger partial charge in [-0.2, -0.15) is 0 Å². The van der Waals surface area contributed by atoms with Crippen LogP contribution in [-0.4, -0.2) is 50.9 Å². The molecule has 0 amide bonds. The topological polar surface area (TPSA) is 127 Å². The Morgan fingerprint density at radius 1 is 1.21 bits per heavy atom. The first kappa shape index (κ1) is 18.8. The average Bonchev–Trinajstić information content (AvgIpc) is 2.55. The van der Waals surface area contributed by atoms with E-state index in [-0.39, 0.29) is 18.8 Å². The highest BCUT2D eigenvalue weighted by molar-refractivity contribution is 7.89. The molecule has 1 aromatic carbocycles. The molecule has 1 heterocycles. The highest BCUT2D eigenvalue weighted by atomic mass is 32.2. The van der Waals surface area contributed by atoms with Crippen molar-refractivity contribution in [2.24, 2.45) is 0 Å². The minimum absolute atomic E-state index is 0.000393. The number of nitro groups is 1. The predicted molar refractivity (Wildman–Crippen MR) is 87.5 cm³/mol. The molecule has 0 radical (unpaired) electrons. The quantitative estimate of drug-likeness (QED) is 0.574. The van der Waals surface area contributed by atoms with Crippen LogP contribution in [0.25, 0.3) is 0 Å². The third kappa shape index (κ3) is 4.09. The molecule has 0 aliphatic carbocycles. The van der Waals surface area contributed by atoms with E-state index < -0.39 is 41.6 Å². The van der Waals surface area contributed by atoms with Gasteiger partial charge in [0.15, 0.2) is 4.90 Å². The third-order valence-electron chi connectivity index (χ3n) is 3.89. The number of para-hydroxylation sites is 1. The number of hydrogen-bond acceptors (Lipinski definition) is 6. The molecule has 24 heavy (non-hydrogen) atoms. The summed E-state index contributed by atoms with van der Waals surface area (Å²) in [6, 6.07) is 4.66. The number of benzene rings is 1. The molecule has 1 saturated heterocycles. The van der Waals surface area contributed by atoms with Gasteiger partial charge in [0.05, 0.1) is 10.7 Å². The highest BCUT2D eigenvalue weighted by Crippen LogP contribution is 2.24. The molecule has 134 valence electrons. The molecule has 1 aliphatic rings. The smallest absolute Gasteiger partial charge is 0.258 e. The van der Waals surface area contributed by atoms with Gasteiger partial charge in [-0.3, -0.25) is 10.1 Å². The lowest BCUT2D eigenvalue weighted by atomic mass is 10.1. The SMILES string of the molecule is CCS(=O)(=O)N1CCC(NS(=O)(=O)c2ccccc2[N+](=O)[O-])CC1. The van der Waals surface area contributed by atoms with Gasteiger partial charge in [-0.1, -0.05) is 12.1 Å². The second-order valence-electron chi connectivity index (χ2n) is 5.42. The van der Waals surface area contributed by atoms with Crippen molar-refractivity contribution in [2.45, 2.75) is 30.7 Å². The highest BCUT2D eigenvalue weighted by Gasteiger charge is 2.31. The van der Waals surface area contributed by atoms with E-state index in [1.54, 1.807) is 6.92 Å². The summed E-state index contributed by atoms with van der Waals surface area (Å²) in [6.07, 6.45) is 0.637. The van der Waals surface area contributed by atoms with E-state index >= 15 is 0 Å². The van der Waals surface area contributed by atoms with E-state index in [2.05, 4.69) is 4.72 Å². The molecule has 0 bridgehead atoms. The van der Waals surface area contributed by atoms with Gasteiger partial charge in [-0.05, 0) is 25.8 Å². The van der Waals surface area contributed by atoms with Gasteiger partial charge >= 0.3 is 0 Å². The molecule has 1 N–H and O–H groups in total. The Bertz CT molecular complexity index is 814. The molecule has 0 unspecified atom stereocenters. The van der Waals surface area contributed by atoms with Crippen molar-refractivity contribution in [1.82, 2.24) is 9.03 Å². The second kappa shape index (κ2) is 7.13. The van der Waals surface area contributed by atoms with Gasteiger partial charge in [0.1, 0.15) is 0 Å². The standard InChI is InChI=1S/C13H19N3O6S2/c1-2-23(19,20)15-9-7-11(8-10-15)14-24(21,22)13-6-4-3-5-12(13)16(17)18/h3-6,11,14H,2,7-10H2,1H3. The van der Waals surface area contributed by atoms with Crippen LogP contribution in [0, 0.1) is 10.1 Å². The molecule has 0 aromatic heterocycles. The number of sulfonamides is 2. The van der Waals surface area contributed by atoms with Crippen molar-refractivity contribution in [3.63, 3.8) is 0 Å². The molecule has 9 nitrogen and oxygen atoms in total. The van der Waals surface area contributed by atoms with E-state index in [4.69, 9.17) is 0 Å². The van der Waals surface area contributed by atoms with Crippen LogP contribution in [0.1, 0.15) is 19.8 Å². The van der Waals surface area contributed by atoms with Crippen LogP contribution in [0.4, 0.5) is 5.69 Å². The first-order valence-electron chi connectivity index (χ1n) is 7.41. The van der Waals surface area contributed by atoms with E-state index in [1.165, 1.54) is 22.5 Å². The van der Waals surface area contributed by atoms with E-state index in [0.29, 0.717) is 12.8 Å². The summed E-state index contributed by atoms with van der Waals surface area (Å²) in [5.41, 5.74) is -0.490. The first-order valence-corrected chi connectivity index (χ1v) is 10.5. The monoisotopic (exact) mass is 377 g/mol. The summed E-state index contributed by atoms with van der Waals surface area (Å²) >= 11 is 0. The van der Waals surface area contributed by atoms with Gasteiger partial charge in [0.2, 0.25) is 20.0 Å². The molecular weight excluding hydrogens is 358 g/mol. The van der Waals surface area contributed by atoms with Crippen molar-refractivity contribution >= 4 is 25.7 Å². The maximum atomic E-state index is 12.4. The Hall–Kier alpha value is -1.56. The van der Waals surface area contributed by atoms with Crippen LogP contribution < -0.4 is 4.72 Å². The Labute approximate surface area is 140 Å². The lowest BCUT2D eigenvalue weighted by molar-refractivity contribution is -0.387. The molecule has 1 aromatic rings. The van der Waals surface area contributed by atoms with Crippen LogP contribution in [0.15, 0.2) is 29.2 Å². The van der Waals surface area contributed by atoms with Crippen molar-refractivity contribution in [1.29, 1.82) is 0 Å². The fourth-order valence-corrected chi connectivity index (χ4v) is 5.16. The second-order valence-corrected chi connectivity index (χ2v) is 9.36. The fraction of sp³-hybridized carbons (Fsp3) is 0.538. The molecule has 1 fully saturated rings. The van der Waals surface area contributed by atoms with Gasteiger partial charge in [-0.15, -0.1) is 0 Å². The Morgan fingerprint density at radius 2 is 1.79 bits per heavy atom. The van der Waals surface area contributed by atoms with Crippen LogP contribution in [0.5, 0.6) is 0 Å². The maximum Gasteiger partial charge on any atom is 0.289 e. The lowest BCUT2D eigenvalue weighted by Crippen LogP contribution is -2.46. The van der Waals surface area contributed by atoms with Crippen LogP contribution in [0.2, 0.25) is 0 Å². The zero-order valence-corrected chi connectivity index (χ0v) is 14.7. The number of nitrogens with zero attached hydrogens (tertiary/aromatic N) is 2. The third-order valence-corrected chi connectivity index (χ3v) is 7.33. The van der Waals surface area contributed by atoms with Gasteiger partial charge in [0, 0.05) is 25.2 Å². The molecule has 0 saturated carbocycles. The molecule has 1 aliphatic heterocycles.